The van der Waals surface area contributed by atoms with Crippen LogP contribution in [0.1, 0.15) is 33.1 Å². The lowest BCUT2D eigenvalue weighted by Gasteiger charge is -2.37. The monoisotopic (exact) mass is 196 g/mol. The van der Waals surface area contributed by atoms with Gasteiger partial charge in [0.05, 0.1) is 11.6 Å². The second-order valence-electron chi connectivity index (χ2n) is 4.40. The second kappa shape index (κ2) is 3.05. The van der Waals surface area contributed by atoms with Crippen molar-refractivity contribution in [3.05, 3.63) is 0 Å². The van der Waals surface area contributed by atoms with Crippen molar-refractivity contribution in [3.63, 3.8) is 0 Å². The molecule has 78 valence electrons. The minimum Gasteiger partial charge on any atom is -0.293 e. The number of nitrogens with one attached hydrogen (secondary N) is 2. The number of hydrogen-bond donors (Lipinski definition) is 2. The van der Waals surface area contributed by atoms with Gasteiger partial charge >= 0.3 is 0 Å². The molecule has 1 aliphatic heterocycles. The molecule has 2 unspecified atom stereocenters. The molecular formula is C10H16N2O2. The van der Waals surface area contributed by atoms with Crippen LogP contribution >= 0.6 is 0 Å². The molecule has 2 aliphatic rings. The van der Waals surface area contributed by atoms with Crippen molar-refractivity contribution in [3.8, 4) is 0 Å². The second-order valence-corrected chi connectivity index (χ2v) is 4.40. The van der Waals surface area contributed by atoms with E-state index in [9.17, 15) is 9.59 Å². The summed E-state index contributed by atoms with van der Waals surface area (Å²) in [6.45, 7) is 3.84. The first-order chi connectivity index (χ1) is 6.58. The molecule has 1 heterocycles. The normalized spacial score (nSPS) is 38.3. The summed E-state index contributed by atoms with van der Waals surface area (Å²) in [7, 11) is 0. The zero-order chi connectivity index (χ0) is 10.3. The first kappa shape index (κ1) is 9.65. The Balaban J connectivity index is 2.18. The lowest BCUT2D eigenvalue weighted by molar-refractivity contribution is -0.141. The number of hydrogen-bond acceptors (Lipinski definition) is 3. The molecule has 1 saturated heterocycles. The van der Waals surface area contributed by atoms with E-state index in [1.807, 2.05) is 13.8 Å². The van der Waals surface area contributed by atoms with Crippen LogP contribution in [0.4, 0.5) is 0 Å². The molecule has 2 N–H and O–H groups in total. The van der Waals surface area contributed by atoms with Crippen LogP contribution < -0.4 is 10.6 Å². The van der Waals surface area contributed by atoms with Gasteiger partial charge in [-0.25, -0.2) is 0 Å². The standard InChI is InChI=1S/C10H16N2O2/c1-3-7-8(13)11-9(14)10(2,12-7)6-4-5-6/h6-7,12H,3-5H2,1-2H3,(H,11,13,14). The number of amides is 2. The molecule has 0 aromatic rings. The van der Waals surface area contributed by atoms with Crippen molar-refractivity contribution >= 4 is 11.8 Å². The highest BCUT2D eigenvalue weighted by Crippen LogP contribution is 2.40. The van der Waals surface area contributed by atoms with Crippen LogP contribution in [-0.4, -0.2) is 23.4 Å². The van der Waals surface area contributed by atoms with E-state index in [4.69, 9.17) is 0 Å². The number of rotatable bonds is 2. The van der Waals surface area contributed by atoms with E-state index in [-0.39, 0.29) is 17.9 Å². The lowest BCUT2D eigenvalue weighted by Crippen LogP contribution is -2.69. The fourth-order valence-corrected chi connectivity index (χ4v) is 2.07. The van der Waals surface area contributed by atoms with E-state index in [0.29, 0.717) is 5.92 Å². The maximum absolute atomic E-state index is 11.7. The molecular weight excluding hydrogens is 180 g/mol. The van der Waals surface area contributed by atoms with Crippen molar-refractivity contribution in [2.24, 2.45) is 5.92 Å². The van der Waals surface area contributed by atoms with Gasteiger partial charge in [-0.05, 0) is 32.1 Å². The molecule has 2 rings (SSSR count). The van der Waals surface area contributed by atoms with Crippen LogP contribution in [-0.2, 0) is 9.59 Å². The summed E-state index contributed by atoms with van der Waals surface area (Å²) < 4.78 is 0. The summed E-state index contributed by atoms with van der Waals surface area (Å²) in [6.07, 6.45) is 2.89. The van der Waals surface area contributed by atoms with Gasteiger partial charge in [0.1, 0.15) is 0 Å². The molecule has 1 saturated carbocycles. The third-order valence-corrected chi connectivity index (χ3v) is 3.30. The first-order valence-corrected chi connectivity index (χ1v) is 5.21. The maximum Gasteiger partial charge on any atom is 0.246 e. The van der Waals surface area contributed by atoms with Crippen molar-refractivity contribution in [1.82, 2.24) is 10.6 Å². The highest BCUT2D eigenvalue weighted by molar-refractivity contribution is 6.04. The molecule has 2 amide bonds. The third kappa shape index (κ3) is 1.34. The number of carbonyl (C=O) groups excluding carboxylic acids is 2. The Labute approximate surface area is 83.4 Å². The Bertz CT molecular complexity index is 286. The van der Waals surface area contributed by atoms with Crippen molar-refractivity contribution in [1.29, 1.82) is 0 Å². The molecule has 2 atom stereocenters. The third-order valence-electron chi connectivity index (χ3n) is 3.30. The number of imide groups is 1. The predicted octanol–water partition coefficient (Wildman–Crippen LogP) is 0.180. The van der Waals surface area contributed by atoms with Crippen LogP contribution in [0.15, 0.2) is 0 Å². The van der Waals surface area contributed by atoms with Gasteiger partial charge in [0.2, 0.25) is 11.8 Å². The Morgan fingerprint density at radius 2 is 2.07 bits per heavy atom. The van der Waals surface area contributed by atoms with Gasteiger partial charge in [-0.1, -0.05) is 6.92 Å². The van der Waals surface area contributed by atoms with Crippen LogP contribution in [0.2, 0.25) is 0 Å². The van der Waals surface area contributed by atoms with Crippen LogP contribution in [0.3, 0.4) is 0 Å². The average molecular weight is 196 g/mol. The molecule has 14 heavy (non-hydrogen) atoms. The summed E-state index contributed by atoms with van der Waals surface area (Å²) in [6, 6.07) is -0.210. The van der Waals surface area contributed by atoms with Crippen LogP contribution in [0, 0.1) is 5.92 Å². The Kier molecular flexibility index (Phi) is 2.10. The SMILES string of the molecule is CCC1NC(C)(C2CC2)C(=O)NC1=O. The largest absolute Gasteiger partial charge is 0.293 e. The van der Waals surface area contributed by atoms with E-state index >= 15 is 0 Å². The fourth-order valence-electron chi connectivity index (χ4n) is 2.07. The highest BCUT2D eigenvalue weighted by atomic mass is 16.2. The Morgan fingerprint density at radius 3 is 2.57 bits per heavy atom. The zero-order valence-corrected chi connectivity index (χ0v) is 8.59. The van der Waals surface area contributed by atoms with Crippen molar-refractivity contribution < 1.29 is 9.59 Å². The molecule has 1 aliphatic carbocycles. The minimum atomic E-state index is -0.519. The Morgan fingerprint density at radius 1 is 1.43 bits per heavy atom. The quantitative estimate of drug-likeness (QED) is 0.619. The maximum atomic E-state index is 11.7. The molecule has 4 nitrogen and oxygen atoms in total. The highest BCUT2D eigenvalue weighted by Gasteiger charge is 2.51. The molecule has 4 heteroatoms. The van der Waals surface area contributed by atoms with Gasteiger partial charge in [0.25, 0.3) is 0 Å². The van der Waals surface area contributed by atoms with Gasteiger partial charge in [0, 0.05) is 0 Å². The van der Waals surface area contributed by atoms with Gasteiger partial charge in [-0.15, -0.1) is 0 Å². The van der Waals surface area contributed by atoms with E-state index in [0.717, 1.165) is 19.3 Å². The molecule has 0 bridgehead atoms. The molecule has 2 fully saturated rings. The fraction of sp³-hybridized carbons (Fsp3) is 0.800. The predicted molar refractivity (Wildman–Crippen MR) is 51.5 cm³/mol. The molecule has 0 aromatic heterocycles. The topological polar surface area (TPSA) is 58.2 Å². The van der Waals surface area contributed by atoms with E-state index in [1.54, 1.807) is 0 Å². The first-order valence-electron chi connectivity index (χ1n) is 5.21. The minimum absolute atomic E-state index is 0.158. The smallest absolute Gasteiger partial charge is 0.246 e. The van der Waals surface area contributed by atoms with Gasteiger partial charge < -0.3 is 0 Å². The van der Waals surface area contributed by atoms with Crippen LogP contribution in [0.5, 0.6) is 0 Å². The van der Waals surface area contributed by atoms with E-state index in [1.165, 1.54) is 0 Å². The van der Waals surface area contributed by atoms with Crippen LogP contribution in [0.25, 0.3) is 0 Å². The van der Waals surface area contributed by atoms with E-state index < -0.39 is 5.54 Å². The number of piperazine rings is 1. The van der Waals surface area contributed by atoms with Gasteiger partial charge in [-0.2, -0.15) is 0 Å². The molecule has 0 spiro atoms. The van der Waals surface area contributed by atoms with Crippen molar-refractivity contribution in [2.75, 3.05) is 0 Å². The molecule has 0 radical (unpaired) electrons. The molecule has 0 aromatic carbocycles. The van der Waals surface area contributed by atoms with E-state index in [2.05, 4.69) is 10.6 Å². The van der Waals surface area contributed by atoms with Gasteiger partial charge in [-0.3, -0.25) is 20.2 Å². The van der Waals surface area contributed by atoms with Gasteiger partial charge in [0.15, 0.2) is 0 Å². The lowest BCUT2D eigenvalue weighted by atomic mass is 9.90. The summed E-state index contributed by atoms with van der Waals surface area (Å²) in [4.78, 5) is 23.0. The van der Waals surface area contributed by atoms with Crippen molar-refractivity contribution in [2.45, 2.75) is 44.7 Å². The summed E-state index contributed by atoms with van der Waals surface area (Å²) in [5.74, 6) is 0.0648. The average Bonchev–Trinajstić information content (AvgIpc) is 2.94. The Hall–Kier alpha value is -0.900. The number of carbonyl (C=O) groups is 2. The summed E-state index contributed by atoms with van der Waals surface area (Å²) in [5, 5.41) is 5.63. The summed E-state index contributed by atoms with van der Waals surface area (Å²) in [5.41, 5.74) is -0.519. The zero-order valence-electron chi connectivity index (χ0n) is 8.59. The summed E-state index contributed by atoms with van der Waals surface area (Å²) >= 11 is 0.